The molecule has 1 N–H and O–H groups in total. The zero-order valence-electron chi connectivity index (χ0n) is 10.6. The van der Waals surface area contributed by atoms with E-state index < -0.39 is 0 Å². The standard InChI is InChI=1S/C16H17NS/c1-11-6-8-12(9-7-11)16-14-5-3-2-4-13(14)10-15(18)17-16/h6-10H,2-5H2,1H3,(H,17,18). The van der Waals surface area contributed by atoms with Gasteiger partial charge in [0, 0.05) is 5.69 Å². The van der Waals surface area contributed by atoms with Crippen molar-refractivity contribution in [2.24, 2.45) is 0 Å². The van der Waals surface area contributed by atoms with Crippen LogP contribution in [0.2, 0.25) is 0 Å². The number of benzene rings is 1. The van der Waals surface area contributed by atoms with Gasteiger partial charge in [-0.15, -0.1) is 0 Å². The van der Waals surface area contributed by atoms with E-state index >= 15 is 0 Å². The van der Waals surface area contributed by atoms with E-state index in [-0.39, 0.29) is 0 Å². The van der Waals surface area contributed by atoms with E-state index in [2.05, 4.69) is 42.2 Å². The monoisotopic (exact) mass is 255 g/mol. The summed E-state index contributed by atoms with van der Waals surface area (Å²) in [7, 11) is 0. The van der Waals surface area contributed by atoms with Crippen molar-refractivity contribution >= 4 is 12.2 Å². The highest BCUT2D eigenvalue weighted by atomic mass is 32.1. The molecule has 0 radical (unpaired) electrons. The minimum absolute atomic E-state index is 0.853. The second-order valence-electron chi connectivity index (χ2n) is 5.09. The molecule has 1 aromatic carbocycles. The SMILES string of the molecule is Cc1ccc(-c2[nH]c(=S)cc3c2CCCC3)cc1. The highest BCUT2D eigenvalue weighted by Crippen LogP contribution is 2.30. The van der Waals surface area contributed by atoms with Crippen LogP contribution in [0.5, 0.6) is 0 Å². The van der Waals surface area contributed by atoms with Gasteiger partial charge in [-0.05, 0) is 55.4 Å². The maximum absolute atomic E-state index is 5.36. The Morgan fingerprint density at radius 1 is 1.06 bits per heavy atom. The Morgan fingerprint density at radius 3 is 2.56 bits per heavy atom. The highest BCUT2D eigenvalue weighted by Gasteiger charge is 2.14. The zero-order chi connectivity index (χ0) is 12.5. The van der Waals surface area contributed by atoms with Crippen LogP contribution >= 0.6 is 12.2 Å². The molecule has 2 heteroatoms. The molecule has 92 valence electrons. The Labute approximate surface area is 113 Å². The highest BCUT2D eigenvalue weighted by molar-refractivity contribution is 7.71. The smallest absolute Gasteiger partial charge is 0.103 e. The minimum atomic E-state index is 0.853. The van der Waals surface area contributed by atoms with Crippen molar-refractivity contribution in [3.05, 3.63) is 51.7 Å². The molecular formula is C16H17NS. The van der Waals surface area contributed by atoms with E-state index in [1.807, 2.05) is 0 Å². The fourth-order valence-electron chi connectivity index (χ4n) is 2.73. The number of aryl methyl sites for hydroxylation is 2. The van der Waals surface area contributed by atoms with Crippen molar-refractivity contribution in [3.8, 4) is 11.3 Å². The second-order valence-corrected chi connectivity index (χ2v) is 5.53. The Bertz CT molecular complexity index is 623. The van der Waals surface area contributed by atoms with Gasteiger partial charge < -0.3 is 4.98 Å². The first-order valence-electron chi connectivity index (χ1n) is 6.56. The molecule has 2 aromatic rings. The summed E-state index contributed by atoms with van der Waals surface area (Å²) in [5, 5.41) is 0. The van der Waals surface area contributed by atoms with Crippen LogP contribution in [0, 0.1) is 11.6 Å². The van der Waals surface area contributed by atoms with Crippen molar-refractivity contribution in [2.45, 2.75) is 32.6 Å². The lowest BCUT2D eigenvalue weighted by molar-refractivity contribution is 0.683. The molecule has 1 nitrogen and oxygen atoms in total. The molecule has 0 atom stereocenters. The largest absolute Gasteiger partial charge is 0.346 e. The summed E-state index contributed by atoms with van der Waals surface area (Å²) >= 11 is 5.36. The van der Waals surface area contributed by atoms with Crippen molar-refractivity contribution < 1.29 is 0 Å². The van der Waals surface area contributed by atoms with E-state index in [4.69, 9.17) is 12.2 Å². The number of rotatable bonds is 1. The van der Waals surface area contributed by atoms with Crippen molar-refractivity contribution in [1.82, 2.24) is 4.98 Å². The summed E-state index contributed by atoms with van der Waals surface area (Å²) in [5.74, 6) is 0. The summed E-state index contributed by atoms with van der Waals surface area (Å²) in [5.41, 5.74) is 6.70. The molecule has 1 heterocycles. The lowest BCUT2D eigenvalue weighted by Gasteiger charge is -2.19. The summed E-state index contributed by atoms with van der Waals surface area (Å²) in [6.45, 7) is 2.12. The van der Waals surface area contributed by atoms with Crippen LogP contribution in [0.15, 0.2) is 30.3 Å². The van der Waals surface area contributed by atoms with Gasteiger partial charge in [0.2, 0.25) is 0 Å². The third-order valence-corrected chi connectivity index (χ3v) is 3.93. The molecule has 0 aliphatic heterocycles. The first kappa shape index (κ1) is 11.7. The molecule has 0 saturated carbocycles. The maximum Gasteiger partial charge on any atom is 0.103 e. The topological polar surface area (TPSA) is 15.8 Å². The van der Waals surface area contributed by atoms with Gasteiger partial charge in [-0.1, -0.05) is 42.0 Å². The molecule has 18 heavy (non-hydrogen) atoms. The fraction of sp³-hybridized carbons (Fsp3) is 0.312. The Kier molecular flexibility index (Phi) is 3.04. The molecule has 1 aliphatic carbocycles. The van der Waals surface area contributed by atoms with Gasteiger partial charge in [0.05, 0.1) is 0 Å². The number of pyridine rings is 1. The number of hydrogen-bond acceptors (Lipinski definition) is 1. The Balaban J connectivity index is 2.19. The summed E-state index contributed by atoms with van der Waals surface area (Å²) in [6.07, 6.45) is 4.92. The first-order chi connectivity index (χ1) is 8.74. The average molecular weight is 255 g/mol. The van der Waals surface area contributed by atoms with E-state index in [1.54, 1.807) is 0 Å². The third kappa shape index (κ3) is 2.13. The summed E-state index contributed by atoms with van der Waals surface area (Å²) in [6, 6.07) is 10.8. The maximum atomic E-state index is 5.36. The predicted molar refractivity (Wildman–Crippen MR) is 78.4 cm³/mol. The van der Waals surface area contributed by atoms with E-state index in [0.717, 1.165) is 4.64 Å². The zero-order valence-corrected chi connectivity index (χ0v) is 11.4. The summed E-state index contributed by atoms with van der Waals surface area (Å²) in [4.78, 5) is 3.39. The molecule has 0 spiro atoms. The molecule has 3 rings (SSSR count). The molecule has 0 saturated heterocycles. The van der Waals surface area contributed by atoms with Crippen LogP contribution in [0.4, 0.5) is 0 Å². The molecule has 0 fully saturated rings. The Morgan fingerprint density at radius 2 is 1.78 bits per heavy atom. The van der Waals surface area contributed by atoms with Crippen LogP contribution in [0.25, 0.3) is 11.3 Å². The molecular weight excluding hydrogens is 238 g/mol. The number of H-pyrrole nitrogens is 1. The van der Waals surface area contributed by atoms with Gasteiger partial charge in [0.15, 0.2) is 0 Å². The van der Waals surface area contributed by atoms with Gasteiger partial charge in [-0.3, -0.25) is 0 Å². The van der Waals surface area contributed by atoms with Crippen LogP contribution in [-0.2, 0) is 12.8 Å². The van der Waals surface area contributed by atoms with Gasteiger partial charge in [-0.25, -0.2) is 0 Å². The van der Waals surface area contributed by atoms with E-state index in [1.165, 1.54) is 53.6 Å². The van der Waals surface area contributed by atoms with E-state index in [0.29, 0.717) is 0 Å². The van der Waals surface area contributed by atoms with Crippen molar-refractivity contribution in [1.29, 1.82) is 0 Å². The first-order valence-corrected chi connectivity index (χ1v) is 6.97. The predicted octanol–water partition coefficient (Wildman–Crippen LogP) is 4.60. The second kappa shape index (κ2) is 4.69. The molecule has 0 bridgehead atoms. The van der Waals surface area contributed by atoms with Gasteiger partial charge in [0.1, 0.15) is 4.64 Å². The fourth-order valence-corrected chi connectivity index (χ4v) is 2.98. The lowest BCUT2D eigenvalue weighted by atomic mass is 9.89. The minimum Gasteiger partial charge on any atom is -0.346 e. The van der Waals surface area contributed by atoms with Gasteiger partial charge in [-0.2, -0.15) is 0 Å². The van der Waals surface area contributed by atoms with Crippen LogP contribution < -0.4 is 0 Å². The van der Waals surface area contributed by atoms with Crippen molar-refractivity contribution in [2.75, 3.05) is 0 Å². The number of nitrogens with one attached hydrogen (secondary N) is 1. The molecule has 0 unspecified atom stereocenters. The normalized spacial score (nSPS) is 14.3. The number of hydrogen-bond donors (Lipinski definition) is 1. The lowest BCUT2D eigenvalue weighted by Crippen LogP contribution is -2.06. The van der Waals surface area contributed by atoms with Crippen molar-refractivity contribution in [3.63, 3.8) is 0 Å². The number of aromatic nitrogens is 1. The Hall–Kier alpha value is -1.41. The third-order valence-electron chi connectivity index (χ3n) is 3.71. The quantitative estimate of drug-likeness (QED) is 0.736. The average Bonchev–Trinajstić information content (AvgIpc) is 2.38. The number of fused-ring (bicyclic) bond motifs is 1. The summed E-state index contributed by atoms with van der Waals surface area (Å²) < 4.78 is 0.853. The van der Waals surface area contributed by atoms with Gasteiger partial charge in [0.25, 0.3) is 0 Å². The van der Waals surface area contributed by atoms with E-state index in [9.17, 15) is 0 Å². The molecule has 0 amide bonds. The van der Waals surface area contributed by atoms with Crippen LogP contribution in [0.3, 0.4) is 0 Å². The van der Waals surface area contributed by atoms with Gasteiger partial charge >= 0.3 is 0 Å². The van der Waals surface area contributed by atoms with Crippen LogP contribution in [0.1, 0.15) is 29.5 Å². The van der Waals surface area contributed by atoms with Crippen LogP contribution in [-0.4, -0.2) is 4.98 Å². The molecule has 1 aromatic heterocycles. The molecule has 1 aliphatic rings. The number of aromatic amines is 1.